The highest BCUT2D eigenvalue weighted by Crippen LogP contribution is 2.33. The number of aryl methyl sites for hydroxylation is 1. The number of hydrogen-bond acceptors (Lipinski definition) is 5. The summed E-state index contributed by atoms with van der Waals surface area (Å²) in [6.07, 6.45) is 4.40. The first kappa shape index (κ1) is 33.2. The number of carbonyl (C=O) groups excluding carboxylic acids is 4. The van der Waals surface area contributed by atoms with Gasteiger partial charge in [-0.3, -0.25) is 14.4 Å². The van der Waals surface area contributed by atoms with Crippen molar-refractivity contribution in [3.05, 3.63) is 64.2 Å². The number of ether oxygens (including phenoxy) is 1. The minimum atomic E-state index is -1.22. The van der Waals surface area contributed by atoms with E-state index in [0.717, 1.165) is 5.56 Å². The van der Waals surface area contributed by atoms with Gasteiger partial charge in [0.1, 0.15) is 17.7 Å². The molecule has 0 fully saturated rings. The minimum absolute atomic E-state index is 0.103. The average Bonchev–Trinajstić information content (AvgIpc) is 2.85. The quantitative estimate of drug-likeness (QED) is 0.354. The second-order valence-electron chi connectivity index (χ2n) is 11.7. The van der Waals surface area contributed by atoms with Crippen LogP contribution in [0.1, 0.15) is 77.1 Å². The van der Waals surface area contributed by atoms with Gasteiger partial charge in [-0.2, -0.15) is 0 Å². The van der Waals surface area contributed by atoms with Crippen molar-refractivity contribution in [2.75, 3.05) is 5.32 Å². The number of para-hydroxylation sites is 1. The molecule has 10 heteroatoms. The Labute approximate surface area is 247 Å². The van der Waals surface area contributed by atoms with Gasteiger partial charge in [-0.15, -0.1) is 6.42 Å². The van der Waals surface area contributed by atoms with E-state index in [1.54, 1.807) is 90.9 Å². The number of halogens is 1. The number of carbonyl (C=O) groups is 4. The Hall–Kier alpha value is -4.03. The highest BCUT2D eigenvalue weighted by atomic mass is 35.5. The molecule has 2 rings (SSSR count). The summed E-state index contributed by atoms with van der Waals surface area (Å²) in [5.41, 5.74) is 5.80. The number of primary amides is 1. The largest absolute Gasteiger partial charge is 0.444 e. The summed E-state index contributed by atoms with van der Waals surface area (Å²) in [7, 11) is 0. The van der Waals surface area contributed by atoms with Crippen LogP contribution in [-0.2, 0) is 19.1 Å². The molecule has 2 aromatic rings. The summed E-state index contributed by atoms with van der Waals surface area (Å²) in [5.74, 6) is 0.745. The van der Waals surface area contributed by atoms with Crippen LogP contribution in [0.3, 0.4) is 0 Å². The summed E-state index contributed by atoms with van der Waals surface area (Å²) >= 11 is 6.40. The molecule has 220 valence electrons. The van der Waals surface area contributed by atoms with Gasteiger partial charge in [0.15, 0.2) is 0 Å². The highest BCUT2D eigenvalue weighted by molar-refractivity contribution is 6.34. The second kappa shape index (κ2) is 13.6. The summed E-state index contributed by atoms with van der Waals surface area (Å²) in [4.78, 5) is 54.1. The molecule has 2 aromatic carbocycles. The van der Waals surface area contributed by atoms with Crippen LogP contribution >= 0.6 is 11.6 Å². The van der Waals surface area contributed by atoms with Gasteiger partial charge in [0, 0.05) is 17.5 Å². The van der Waals surface area contributed by atoms with E-state index in [-0.39, 0.29) is 12.8 Å². The molecule has 0 bridgehead atoms. The molecule has 0 radical (unpaired) electrons. The van der Waals surface area contributed by atoms with Crippen LogP contribution in [0.5, 0.6) is 0 Å². The molecule has 2 atom stereocenters. The van der Waals surface area contributed by atoms with Crippen molar-refractivity contribution in [1.82, 2.24) is 10.2 Å². The van der Waals surface area contributed by atoms with Gasteiger partial charge in [-0.1, -0.05) is 41.8 Å². The van der Waals surface area contributed by atoms with Gasteiger partial charge < -0.3 is 26.0 Å². The maximum atomic E-state index is 14.3. The van der Waals surface area contributed by atoms with Crippen molar-refractivity contribution >= 4 is 41.1 Å². The molecule has 41 heavy (non-hydrogen) atoms. The Bertz CT molecular complexity index is 1300. The van der Waals surface area contributed by atoms with Crippen molar-refractivity contribution in [2.24, 2.45) is 5.73 Å². The van der Waals surface area contributed by atoms with Gasteiger partial charge in [0.05, 0.1) is 10.7 Å². The van der Waals surface area contributed by atoms with Crippen molar-refractivity contribution in [1.29, 1.82) is 0 Å². The van der Waals surface area contributed by atoms with Gasteiger partial charge in [-0.05, 0) is 84.2 Å². The number of nitrogens with one attached hydrogen (secondary N) is 2. The number of nitrogens with two attached hydrogens (primary N) is 1. The van der Waals surface area contributed by atoms with Crippen LogP contribution in [0.15, 0.2) is 42.5 Å². The Morgan fingerprint density at radius 2 is 1.66 bits per heavy atom. The van der Waals surface area contributed by atoms with E-state index in [1.807, 2.05) is 0 Å². The number of rotatable bonds is 9. The molecular formula is C31H39ClN4O5. The normalized spacial score (nSPS) is 12.9. The number of hydrogen-bond donors (Lipinski definition) is 3. The first-order valence-electron chi connectivity index (χ1n) is 13.2. The first-order valence-corrected chi connectivity index (χ1v) is 13.6. The lowest BCUT2D eigenvalue weighted by molar-refractivity contribution is -0.147. The summed E-state index contributed by atoms with van der Waals surface area (Å²) < 4.78 is 5.36. The predicted octanol–water partition coefficient (Wildman–Crippen LogP) is 5.10. The zero-order valence-electron chi connectivity index (χ0n) is 24.6. The van der Waals surface area contributed by atoms with E-state index >= 15 is 0 Å². The third kappa shape index (κ3) is 9.54. The van der Waals surface area contributed by atoms with Crippen molar-refractivity contribution < 1.29 is 23.9 Å². The Kier molecular flexibility index (Phi) is 11.0. The number of benzene rings is 2. The highest BCUT2D eigenvalue weighted by Gasteiger charge is 2.42. The number of alkyl carbamates (subject to hydrolysis) is 1. The number of nitrogens with zero attached hydrogens (tertiary/aromatic N) is 1. The molecule has 9 nitrogen and oxygen atoms in total. The SMILES string of the molecule is C#Cc1ccc(C(C(=O)Nc2c(C)cccc2Cl)N(C(=O)C(CCC(N)=O)NC(=O)OC(C)(C)C)C(C)(C)C)cc1. The second-order valence-corrected chi connectivity index (χ2v) is 12.1. The third-order valence-corrected chi connectivity index (χ3v) is 6.31. The van der Waals surface area contributed by atoms with Crippen LogP contribution in [-0.4, -0.2) is 45.9 Å². The molecule has 0 spiro atoms. The molecule has 0 aliphatic heterocycles. The molecule has 2 unspecified atom stereocenters. The molecule has 0 saturated heterocycles. The smallest absolute Gasteiger partial charge is 0.408 e. The zero-order chi connectivity index (χ0) is 31.1. The monoisotopic (exact) mass is 582 g/mol. The average molecular weight is 583 g/mol. The molecule has 0 aliphatic carbocycles. The molecule has 4 amide bonds. The van der Waals surface area contributed by atoms with E-state index in [4.69, 9.17) is 28.5 Å². The van der Waals surface area contributed by atoms with Gasteiger partial charge in [-0.25, -0.2) is 4.79 Å². The summed E-state index contributed by atoms with van der Waals surface area (Å²) in [6.45, 7) is 12.2. The lowest BCUT2D eigenvalue weighted by Gasteiger charge is -2.43. The topological polar surface area (TPSA) is 131 Å². The Morgan fingerprint density at radius 1 is 1.05 bits per heavy atom. The third-order valence-electron chi connectivity index (χ3n) is 6.00. The molecule has 0 saturated carbocycles. The van der Waals surface area contributed by atoms with Crippen LogP contribution in [0.2, 0.25) is 5.02 Å². The number of terminal acetylenes is 1. The first-order chi connectivity index (χ1) is 18.9. The molecule has 4 N–H and O–H groups in total. The van der Waals surface area contributed by atoms with E-state index in [1.165, 1.54) is 4.90 Å². The van der Waals surface area contributed by atoms with Gasteiger partial charge in [0.2, 0.25) is 11.8 Å². The minimum Gasteiger partial charge on any atom is -0.444 e. The summed E-state index contributed by atoms with van der Waals surface area (Å²) in [6, 6.07) is 9.50. The Morgan fingerprint density at radius 3 is 2.15 bits per heavy atom. The van der Waals surface area contributed by atoms with Crippen LogP contribution in [0, 0.1) is 19.3 Å². The van der Waals surface area contributed by atoms with Crippen molar-refractivity contribution in [2.45, 2.75) is 84.5 Å². The molecule has 0 heterocycles. The number of anilines is 1. The van der Waals surface area contributed by atoms with Crippen LogP contribution < -0.4 is 16.4 Å². The van der Waals surface area contributed by atoms with Gasteiger partial charge >= 0.3 is 6.09 Å². The van der Waals surface area contributed by atoms with Crippen molar-refractivity contribution in [3.8, 4) is 12.3 Å². The standard InChI is InChI=1S/C31H39ClN4O5/c1-9-20-13-15-21(16-14-20)26(27(38)35-25-19(2)11-10-12-22(25)32)36(30(3,4)5)28(39)23(17-18-24(33)37)34-29(40)41-31(6,7)8/h1,10-16,23,26H,17-18H2,2-8H3,(H2,33,37)(H,34,40)(H,35,38). The van der Waals surface area contributed by atoms with E-state index in [9.17, 15) is 19.2 Å². The molecule has 0 aliphatic rings. The maximum Gasteiger partial charge on any atom is 0.408 e. The van der Waals surface area contributed by atoms with Crippen LogP contribution in [0.25, 0.3) is 0 Å². The van der Waals surface area contributed by atoms with Gasteiger partial charge in [0.25, 0.3) is 5.91 Å². The fraction of sp³-hybridized carbons (Fsp3) is 0.419. The fourth-order valence-electron chi connectivity index (χ4n) is 4.17. The lowest BCUT2D eigenvalue weighted by Crippen LogP contribution is -2.58. The Balaban J connectivity index is 2.65. The van der Waals surface area contributed by atoms with E-state index < -0.39 is 47.0 Å². The molecular weight excluding hydrogens is 544 g/mol. The number of amides is 4. The fourth-order valence-corrected chi connectivity index (χ4v) is 4.44. The van der Waals surface area contributed by atoms with Crippen LogP contribution in [0.4, 0.5) is 10.5 Å². The van der Waals surface area contributed by atoms with Crippen molar-refractivity contribution in [3.63, 3.8) is 0 Å². The van der Waals surface area contributed by atoms with E-state index in [0.29, 0.717) is 21.8 Å². The lowest BCUT2D eigenvalue weighted by atomic mass is 9.94. The maximum absolute atomic E-state index is 14.3. The summed E-state index contributed by atoms with van der Waals surface area (Å²) in [5, 5.41) is 5.79. The molecule has 0 aromatic heterocycles. The zero-order valence-corrected chi connectivity index (χ0v) is 25.4. The van der Waals surface area contributed by atoms with E-state index in [2.05, 4.69) is 16.6 Å². The predicted molar refractivity (Wildman–Crippen MR) is 160 cm³/mol.